The molecule has 1 spiro atoms. The summed E-state index contributed by atoms with van der Waals surface area (Å²) >= 11 is 0. The van der Waals surface area contributed by atoms with Crippen molar-refractivity contribution in [3.63, 3.8) is 0 Å². The first-order chi connectivity index (χ1) is 8.67. The standard InChI is InChI=1S/C15H21NO2/c1-11-3-4-14(13(16)9-11)18-12-5-8-17-15(10-12)6-2-7-15/h3-4,9,12H,2,5-8,10,16H2,1H3. The molecule has 98 valence electrons. The van der Waals surface area contributed by atoms with Gasteiger partial charge in [0.25, 0.3) is 0 Å². The quantitative estimate of drug-likeness (QED) is 0.817. The third-order valence-electron chi connectivity index (χ3n) is 4.17. The molecule has 1 aromatic rings. The fraction of sp³-hybridized carbons (Fsp3) is 0.600. The molecule has 2 fully saturated rings. The molecule has 2 aliphatic rings. The Balaban J connectivity index is 1.68. The molecule has 3 heteroatoms. The molecule has 3 nitrogen and oxygen atoms in total. The Labute approximate surface area is 108 Å². The summed E-state index contributed by atoms with van der Waals surface area (Å²) in [6.45, 7) is 2.86. The van der Waals surface area contributed by atoms with Crippen molar-refractivity contribution in [3.05, 3.63) is 23.8 Å². The van der Waals surface area contributed by atoms with Gasteiger partial charge >= 0.3 is 0 Å². The average Bonchev–Trinajstić information content (AvgIpc) is 2.31. The van der Waals surface area contributed by atoms with Crippen LogP contribution < -0.4 is 10.5 Å². The summed E-state index contributed by atoms with van der Waals surface area (Å²) < 4.78 is 12.0. The van der Waals surface area contributed by atoms with E-state index in [0.29, 0.717) is 0 Å². The van der Waals surface area contributed by atoms with E-state index in [4.69, 9.17) is 15.2 Å². The first-order valence-corrected chi connectivity index (χ1v) is 6.84. The van der Waals surface area contributed by atoms with Crippen molar-refractivity contribution in [2.45, 2.75) is 50.7 Å². The van der Waals surface area contributed by atoms with Crippen molar-refractivity contribution in [1.82, 2.24) is 0 Å². The van der Waals surface area contributed by atoms with Crippen LogP contribution in [0.25, 0.3) is 0 Å². The largest absolute Gasteiger partial charge is 0.488 e. The van der Waals surface area contributed by atoms with Gasteiger partial charge in [-0.25, -0.2) is 0 Å². The molecular formula is C15H21NO2. The highest BCUT2D eigenvalue weighted by Gasteiger charge is 2.43. The van der Waals surface area contributed by atoms with Gasteiger partial charge in [-0.05, 0) is 43.9 Å². The van der Waals surface area contributed by atoms with Gasteiger partial charge in [0, 0.05) is 12.8 Å². The van der Waals surface area contributed by atoms with Crippen LogP contribution in [0.1, 0.15) is 37.7 Å². The summed E-state index contributed by atoms with van der Waals surface area (Å²) in [5, 5.41) is 0. The Morgan fingerprint density at radius 1 is 1.39 bits per heavy atom. The number of anilines is 1. The number of hydrogen-bond donors (Lipinski definition) is 1. The van der Waals surface area contributed by atoms with Crippen LogP contribution in [0.15, 0.2) is 18.2 Å². The summed E-state index contributed by atoms with van der Waals surface area (Å²) in [5.41, 5.74) is 8.03. The monoisotopic (exact) mass is 247 g/mol. The smallest absolute Gasteiger partial charge is 0.142 e. The van der Waals surface area contributed by atoms with E-state index in [0.717, 1.165) is 30.9 Å². The van der Waals surface area contributed by atoms with Crippen molar-refractivity contribution in [2.75, 3.05) is 12.3 Å². The van der Waals surface area contributed by atoms with Crippen LogP contribution in [-0.4, -0.2) is 18.3 Å². The molecule has 0 radical (unpaired) electrons. The molecule has 18 heavy (non-hydrogen) atoms. The second-order valence-electron chi connectivity index (χ2n) is 5.66. The molecule has 1 aliphatic carbocycles. The van der Waals surface area contributed by atoms with Crippen molar-refractivity contribution in [2.24, 2.45) is 0 Å². The normalized spacial score (nSPS) is 25.7. The van der Waals surface area contributed by atoms with Crippen molar-refractivity contribution < 1.29 is 9.47 Å². The lowest BCUT2D eigenvalue weighted by Crippen LogP contribution is -2.48. The minimum absolute atomic E-state index is 0.127. The van der Waals surface area contributed by atoms with Crippen LogP contribution in [-0.2, 0) is 4.74 Å². The fourth-order valence-electron chi connectivity index (χ4n) is 2.96. The maximum Gasteiger partial charge on any atom is 0.142 e. The van der Waals surface area contributed by atoms with E-state index < -0.39 is 0 Å². The molecule has 3 rings (SSSR count). The van der Waals surface area contributed by atoms with E-state index in [-0.39, 0.29) is 11.7 Å². The molecule has 0 bridgehead atoms. The Kier molecular flexibility index (Phi) is 2.94. The third kappa shape index (κ3) is 2.19. The molecular weight excluding hydrogens is 226 g/mol. The van der Waals surface area contributed by atoms with Gasteiger partial charge in [0.2, 0.25) is 0 Å². The maximum atomic E-state index is 6.07. The molecule has 2 N–H and O–H groups in total. The maximum absolute atomic E-state index is 6.07. The Hall–Kier alpha value is -1.22. The highest BCUT2D eigenvalue weighted by Crippen LogP contribution is 2.43. The van der Waals surface area contributed by atoms with Gasteiger partial charge in [-0.1, -0.05) is 6.07 Å². The number of ether oxygens (including phenoxy) is 2. The van der Waals surface area contributed by atoms with Crippen molar-refractivity contribution in [3.8, 4) is 5.75 Å². The lowest BCUT2D eigenvalue weighted by atomic mass is 9.74. The zero-order chi connectivity index (χ0) is 12.6. The summed E-state index contributed by atoms with van der Waals surface area (Å²) in [4.78, 5) is 0. The van der Waals surface area contributed by atoms with Crippen LogP contribution in [0.2, 0.25) is 0 Å². The minimum Gasteiger partial charge on any atom is -0.488 e. The Morgan fingerprint density at radius 3 is 2.89 bits per heavy atom. The minimum atomic E-state index is 0.127. The van der Waals surface area contributed by atoms with Crippen LogP contribution >= 0.6 is 0 Å². The van der Waals surface area contributed by atoms with Gasteiger partial charge < -0.3 is 15.2 Å². The predicted molar refractivity (Wildman–Crippen MR) is 71.8 cm³/mol. The summed E-state index contributed by atoms with van der Waals surface area (Å²) in [7, 11) is 0. The number of benzene rings is 1. The van der Waals surface area contributed by atoms with Gasteiger partial charge in [-0.2, -0.15) is 0 Å². The van der Waals surface area contributed by atoms with Gasteiger partial charge in [-0.15, -0.1) is 0 Å². The molecule has 1 aliphatic heterocycles. The van der Waals surface area contributed by atoms with Gasteiger partial charge in [0.15, 0.2) is 0 Å². The number of nitrogen functional groups attached to an aromatic ring is 1. The molecule has 1 saturated carbocycles. The zero-order valence-electron chi connectivity index (χ0n) is 10.9. The van der Waals surface area contributed by atoms with E-state index in [9.17, 15) is 0 Å². The predicted octanol–water partition coefficient (Wildman–Crippen LogP) is 3.06. The number of rotatable bonds is 2. The van der Waals surface area contributed by atoms with Crippen LogP contribution in [0.5, 0.6) is 5.75 Å². The second kappa shape index (κ2) is 4.47. The van der Waals surface area contributed by atoms with Gasteiger partial charge in [-0.3, -0.25) is 0 Å². The van der Waals surface area contributed by atoms with E-state index in [2.05, 4.69) is 0 Å². The van der Waals surface area contributed by atoms with Crippen LogP contribution in [0.4, 0.5) is 5.69 Å². The lowest BCUT2D eigenvalue weighted by Gasteiger charge is -2.46. The summed E-state index contributed by atoms with van der Waals surface area (Å²) in [6.07, 6.45) is 5.91. The molecule has 1 atom stereocenters. The molecule has 1 heterocycles. The number of aryl methyl sites for hydroxylation is 1. The molecule has 1 unspecified atom stereocenters. The molecule has 1 aromatic carbocycles. The highest BCUT2D eigenvalue weighted by molar-refractivity contribution is 5.54. The zero-order valence-corrected chi connectivity index (χ0v) is 10.9. The third-order valence-corrected chi connectivity index (χ3v) is 4.17. The molecule has 1 saturated heterocycles. The highest BCUT2D eigenvalue weighted by atomic mass is 16.5. The van der Waals surface area contributed by atoms with Crippen molar-refractivity contribution >= 4 is 5.69 Å². The van der Waals surface area contributed by atoms with Gasteiger partial charge in [0.05, 0.1) is 17.9 Å². The van der Waals surface area contributed by atoms with E-state index >= 15 is 0 Å². The van der Waals surface area contributed by atoms with E-state index in [1.165, 1.54) is 24.8 Å². The number of nitrogens with two attached hydrogens (primary N) is 1. The van der Waals surface area contributed by atoms with Crippen molar-refractivity contribution in [1.29, 1.82) is 0 Å². The second-order valence-corrected chi connectivity index (χ2v) is 5.66. The topological polar surface area (TPSA) is 44.5 Å². The Morgan fingerprint density at radius 2 is 2.22 bits per heavy atom. The Bertz CT molecular complexity index is 440. The molecule has 0 aromatic heterocycles. The summed E-state index contributed by atoms with van der Waals surface area (Å²) in [6, 6.07) is 5.99. The first-order valence-electron chi connectivity index (χ1n) is 6.84. The SMILES string of the molecule is Cc1ccc(OC2CCOC3(CCC3)C2)c(N)c1. The fourth-order valence-corrected chi connectivity index (χ4v) is 2.96. The van der Waals surface area contributed by atoms with Gasteiger partial charge in [0.1, 0.15) is 11.9 Å². The van der Waals surface area contributed by atoms with Crippen LogP contribution in [0, 0.1) is 6.92 Å². The van der Waals surface area contributed by atoms with E-state index in [1.54, 1.807) is 0 Å². The first kappa shape index (κ1) is 11.8. The average molecular weight is 247 g/mol. The number of hydrogen-bond acceptors (Lipinski definition) is 3. The van der Waals surface area contributed by atoms with Crippen LogP contribution in [0.3, 0.4) is 0 Å². The lowest BCUT2D eigenvalue weighted by molar-refractivity contribution is -0.153. The molecule has 0 amide bonds. The van der Waals surface area contributed by atoms with E-state index in [1.807, 2.05) is 25.1 Å². The summed E-state index contributed by atoms with van der Waals surface area (Å²) in [5.74, 6) is 0.821.